The molecule has 104 valence electrons. The van der Waals surface area contributed by atoms with E-state index >= 15 is 0 Å². The van der Waals surface area contributed by atoms with Crippen molar-refractivity contribution in [1.29, 1.82) is 5.26 Å². The van der Waals surface area contributed by atoms with Crippen molar-refractivity contribution < 1.29 is 13.5 Å². The van der Waals surface area contributed by atoms with Crippen molar-refractivity contribution in [3.05, 3.63) is 48.0 Å². The van der Waals surface area contributed by atoms with Crippen LogP contribution in [0.5, 0.6) is 5.75 Å². The molecule has 1 aromatic heterocycles. The lowest BCUT2D eigenvalue weighted by Gasteiger charge is -2.08. The number of alkyl halides is 2. The van der Waals surface area contributed by atoms with Gasteiger partial charge in [0.25, 0.3) is 0 Å². The maximum absolute atomic E-state index is 12.4. The molecule has 0 fully saturated rings. The molecule has 0 aliphatic rings. The van der Waals surface area contributed by atoms with E-state index in [0.717, 1.165) is 0 Å². The first-order valence-corrected chi connectivity index (χ1v) is 6.12. The van der Waals surface area contributed by atoms with Gasteiger partial charge in [0.05, 0.1) is 16.6 Å². The Balaban J connectivity index is 2.15. The first-order chi connectivity index (χ1) is 10.2. The van der Waals surface area contributed by atoms with Gasteiger partial charge in [0.2, 0.25) is 0 Å². The second-order valence-corrected chi connectivity index (χ2v) is 4.27. The molecular weight excluding hydrogens is 276 g/mol. The molecule has 2 aromatic carbocycles. The fourth-order valence-corrected chi connectivity index (χ4v) is 2.11. The molecule has 0 atom stereocenters. The highest BCUT2D eigenvalue weighted by Crippen LogP contribution is 2.30. The van der Waals surface area contributed by atoms with Crippen LogP contribution < -0.4 is 4.74 Å². The third-order valence-electron chi connectivity index (χ3n) is 2.99. The Labute approximate surface area is 118 Å². The first-order valence-electron chi connectivity index (χ1n) is 6.12. The highest BCUT2D eigenvalue weighted by atomic mass is 19.3. The SMILES string of the molecule is N#Cc1cccc2[nH]c(-c3ccccc3OC(F)F)nc12. The monoisotopic (exact) mass is 285 g/mol. The van der Waals surface area contributed by atoms with Gasteiger partial charge >= 0.3 is 6.61 Å². The molecule has 0 amide bonds. The van der Waals surface area contributed by atoms with Crippen LogP contribution in [0.2, 0.25) is 0 Å². The van der Waals surface area contributed by atoms with Gasteiger partial charge in [-0.15, -0.1) is 0 Å². The van der Waals surface area contributed by atoms with Crippen LogP contribution in [0.15, 0.2) is 42.5 Å². The van der Waals surface area contributed by atoms with Gasteiger partial charge in [-0.2, -0.15) is 14.0 Å². The molecule has 0 unspecified atom stereocenters. The van der Waals surface area contributed by atoms with Crippen molar-refractivity contribution in [1.82, 2.24) is 9.97 Å². The van der Waals surface area contributed by atoms with Gasteiger partial charge in [-0.05, 0) is 24.3 Å². The number of aromatic nitrogens is 2. The molecule has 1 heterocycles. The number of nitrogens with zero attached hydrogens (tertiary/aromatic N) is 2. The molecule has 21 heavy (non-hydrogen) atoms. The molecule has 0 saturated heterocycles. The quantitative estimate of drug-likeness (QED) is 0.798. The van der Waals surface area contributed by atoms with Gasteiger partial charge in [-0.3, -0.25) is 0 Å². The van der Waals surface area contributed by atoms with Crippen LogP contribution in [-0.2, 0) is 0 Å². The molecule has 0 aliphatic carbocycles. The van der Waals surface area contributed by atoms with E-state index < -0.39 is 6.61 Å². The zero-order chi connectivity index (χ0) is 14.8. The third-order valence-corrected chi connectivity index (χ3v) is 2.99. The summed E-state index contributed by atoms with van der Waals surface area (Å²) in [4.78, 5) is 7.33. The van der Waals surface area contributed by atoms with E-state index in [0.29, 0.717) is 28.0 Å². The lowest BCUT2D eigenvalue weighted by molar-refractivity contribution is -0.0494. The molecule has 3 aromatic rings. The fraction of sp³-hybridized carbons (Fsp3) is 0.0667. The number of imidazole rings is 1. The number of benzene rings is 2. The van der Waals surface area contributed by atoms with Gasteiger partial charge < -0.3 is 9.72 Å². The molecule has 0 saturated carbocycles. The molecular formula is C15H9F2N3O. The Bertz CT molecular complexity index is 836. The summed E-state index contributed by atoms with van der Waals surface area (Å²) in [6, 6.07) is 13.6. The number of halogens is 2. The van der Waals surface area contributed by atoms with Crippen LogP contribution in [0.1, 0.15) is 5.56 Å². The summed E-state index contributed by atoms with van der Waals surface area (Å²) < 4.78 is 29.4. The summed E-state index contributed by atoms with van der Waals surface area (Å²) in [7, 11) is 0. The van der Waals surface area contributed by atoms with Crippen molar-refractivity contribution in [2.45, 2.75) is 6.61 Å². The fourth-order valence-electron chi connectivity index (χ4n) is 2.11. The summed E-state index contributed by atoms with van der Waals surface area (Å²) in [5, 5.41) is 9.06. The molecule has 0 radical (unpaired) electrons. The number of rotatable bonds is 3. The maximum Gasteiger partial charge on any atom is 0.387 e. The van der Waals surface area contributed by atoms with Crippen molar-refractivity contribution >= 4 is 11.0 Å². The van der Waals surface area contributed by atoms with Crippen LogP contribution in [0, 0.1) is 11.3 Å². The smallest absolute Gasteiger partial charge is 0.387 e. The van der Waals surface area contributed by atoms with Crippen LogP contribution >= 0.6 is 0 Å². The number of hydrogen-bond donors (Lipinski definition) is 1. The van der Waals surface area contributed by atoms with Crippen molar-refractivity contribution in [3.63, 3.8) is 0 Å². The minimum Gasteiger partial charge on any atom is -0.434 e. The van der Waals surface area contributed by atoms with Gasteiger partial charge in [0, 0.05) is 0 Å². The van der Waals surface area contributed by atoms with Gasteiger partial charge in [-0.25, -0.2) is 4.98 Å². The maximum atomic E-state index is 12.4. The number of hydrogen-bond acceptors (Lipinski definition) is 3. The van der Waals surface area contributed by atoms with E-state index in [9.17, 15) is 8.78 Å². The molecule has 6 heteroatoms. The Hall–Kier alpha value is -2.94. The molecule has 0 bridgehead atoms. The second kappa shape index (κ2) is 5.21. The lowest BCUT2D eigenvalue weighted by atomic mass is 10.2. The van der Waals surface area contributed by atoms with E-state index in [4.69, 9.17) is 5.26 Å². The highest BCUT2D eigenvalue weighted by Gasteiger charge is 2.14. The topological polar surface area (TPSA) is 61.7 Å². The Morgan fingerprint density at radius 3 is 2.71 bits per heavy atom. The molecule has 0 aliphatic heterocycles. The number of nitriles is 1. The zero-order valence-electron chi connectivity index (χ0n) is 10.7. The normalized spacial score (nSPS) is 10.8. The summed E-state index contributed by atoms with van der Waals surface area (Å²) in [6.07, 6.45) is 0. The van der Waals surface area contributed by atoms with E-state index in [1.807, 2.05) is 6.07 Å². The lowest BCUT2D eigenvalue weighted by Crippen LogP contribution is -2.03. The van der Waals surface area contributed by atoms with Crippen LogP contribution in [0.4, 0.5) is 8.78 Å². The summed E-state index contributed by atoms with van der Waals surface area (Å²) in [6.45, 7) is -2.91. The number of nitrogens with one attached hydrogen (secondary N) is 1. The van der Waals surface area contributed by atoms with Crippen LogP contribution in [0.25, 0.3) is 22.4 Å². The van der Waals surface area contributed by atoms with Crippen LogP contribution in [-0.4, -0.2) is 16.6 Å². The van der Waals surface area contributed by atoms with E-state index in [1.165, 1.54) is 6.07 Å². The van der Waals surface area contributed by atoms with Crippen LogP contribution in [0.3, 0.4) is 0 Å². The van der Waals surface area contributed by atoms with E-state index in [2.05, 4.69) is 14.7 Å². The first kappa shape index (κ1) is 13.1. The van der Waals surface area contributed by atoms with Crippen molar-refractivity contribution in [2.75, 3.05) is 0 Å². The zero-order valence-corrected chi connectivity index (χ0v) is 10.7. The number of para-hydroxylation sites is 2. The minimum absolute atomic E-state index is 0.0325. The Morgan fingerprint density at radius 2 is 1.95 bits per heavy atom. The summed E-state index contributed by atoms with van der Waals surface area (Å²) in [5.74, 6) is 0.411. The largest absolute Gasteiger partial charge is 0.434 e. The Kier molecular flexibility index (Phi) is 3.24. The number of aromatic amines is 1. The third kappa shape index (κ3) is 2.41. The highest BCUT2D eigenvalue weighted by molar-refractivity contribution is 5.85. The molecule has 0 spiro atoms. The number of fused-ring (bicyclic) bond motifs is 1. The molecule has 4 nitrogen and oxygen atoms in total. The van der Waals surface area contributed by atoms with E-state index in [1.54, 1.807) is 36.4 Å². The minimum atomic E-state index is -2.91. The average molecular weight is 285 g/mol. The van der Waals surface area contributed by atoms with Crippen molar-refractivity contribution in [2.24, 2.45) is 0 Å². The molecule has 1 N–H and O–H groups in total. The Morgan fingerprint density at radius 1 is 1.14 bits per heavy atom. The average Bonchev–Trinajstić information content (AvgIpc) is 2.90. The summed E-state index contributed by atoms with van der Waals surface area (Å²) in [5.41, 5.74) is 2.00. The van der Waals surface area contributed by atoms with Gasteiger partial charge in [0.1, 0.15) is 23.2 Å². The standard InChI is InChI=1S/C15H9F2N3O/c16-15(17)21-12-7-2-1-5-10(12)14-19-11-6-3-4-9(8-18)13(11)20-14/h1-7,15H,(H,19,20). The number of H-pyrrole nitrogens is 1. The number of ether oxygens (including phenoxy) is 1. The van der Waals surface area contributed by atoms with E-state index in [-0.39, 0.29) is 5.75 Å². The summed E-state index contributed by atoms with van der Waals surface area (Å²) >= 11 is 0. The van der Waals surface area contributed by atoms with Gasteiger partial charge in [0.15, 0.2) is 0 Å². The molecule has 3 rings (SSSR count). The second-order valence-electron chi connectivity index (χ2n) is 4.27. The van der Waals surface area contributed by atoms with Gasteiger partial charge in [-0.1, -0.05) is 18.2 Å². The predicted octanol–water partition coefficient (Wildman–Crippen LogP) is 3.70. The van der Waals surface area contributed by atoms with Crippen molar-refractivity contribution in [3.8, 4) is 23.2 Å². The predicted molar refractivity (Wildman–Crippen MR) is 72.9 cm³/mol.